The van der Waals surface area contributed by atoms with E-state index in [9.17, 15) is 4.79 Å². The van der Waals surface area contributed by atoms with Crippen LogP contribution in [0, 0.1) is 5.92 Å². The standard InChI is InChI=1S/C16H22N2O/c17-15-7-9-18(10-8-15)16(19)14-6-5-12-3-1-2-4-13(12)11-14/h1-4,14-15H,5-11,17H2. The number of hydrogen-bond donors (Lipinski definition) is 1. The van der Waals surface area contributed by atoms with Gasteiger partial charge in [-0.25, -0.2) is 0 Å². The van der Waals surface area contributed by atoms with Crippen LogP contribution in [0.1, 0.15) is 30.4 Å². The van der Waals surface area contributed by atoms with E-state index in [-0.39, 0.29) is 12.0 Å². The van der Waals surface area contributed by atoms with Crippen molar-refractivity contribution >= 4 is 5.91 Å². The van der Waals surface area contributed by atoms with Crippen molar-refractivity contribution in [2.75, 3.05) is 13.1 Å². The molecule has 19 heavy (non-hydrogen) atoms. The number of likely N-dealkylation sites (tertiary alicyclic amines) is 1. The third-order valence-corrected chi connectivity index (χ3v) is 4.55. The van der Waals surface area contributed by atoms with Crippen LogP contribution in [0.25, 0.3) is 0 Å². The van der Waals surface area contributed by atoms with Gasteiger partial charge in [0.1, 0.15) is 0 Å². The summed E-state index contributed by atoms with van der Waals surface area (Å²) in [6.07, 6.45) is 4.86. The third kappa shape index (κ3) is 2.66. The number of nitrogens with zero attached hydrogens (tertiary/aromatic N) is 1. The van der Waals surface area contributed by atoms with Crippen LogP contribution in [-0.2, 0) is 17.6 Å². The van der Waals surface area contributed by atoms with Gasteiger partial charge in [-0.2, -0.15) is 0 Å². The van der Waals surface area contributed by atoms with Crippen LogP contribution in [-0.4, -0.2) is 29.9 Å². The van der Waals surface area contributed by atoms with Crippen molar-refractivity contribution in [3.8, 4) is 0 Å². The molecule has 3 nitrogen and oxygen atoms in total. The maximum absolute atomic E-state index is 12.6. The minimum absolute atomic E-state index is 0.184. The molecule has 0 spiro atoms. The molecule has 3 heteroatoms. The first-order chi connectivity index (χ1) is 9.24. The monoisotopic (exact) mass is 258 g/mol. The lowest BCUT2D eigenvalue weighted by Crippen LogP contribution is -2.46. The minimum Gasteiger partial charge on any atom is -0.342 e. The maximum atomic E-state index is 12.6. The summed E-state index contributed by atoms with van der Waals surface area (Å²) in [6, 6.07) is 8.81. The highest BCUT2D eigenvalue weighted by Crippen LogP contribution is 2.27. The van der Waals surface area contributed by atoms with Crippen molar-refractivity contribution in [2.24, 2.45) is 11.7 Å². The molecule has 1 heterocycles. The molecule has 2 aliphatic rings. The molecule has 0 radical (unpaired) electrons. The average Bonchev–Trinajstić information content (AvgIpc) is 2.47. The van der Waals surface area contributed by atoms with Crippen molar-refractivity contribution in [1.29, 1.82) is 0 Å². The summed E-state index contributed by atoms with van der Waals surface area (Å²) in [5.41, 5.74) is 8.69. The zero-order chi connectivity index (χ0) is 13.2. The fraction of sp³-hybridized carbons (Fsp3) is 0.562. The van der Waals surface area contributed by atoms with Gasteiger partial charge < -0.3 is 10.6 Å². The quantitative estimate of drug-likeness (QED) is 0.834. The van der Waals surface area contributed by atoms with E-state index in [0.717, 1.165) is 45.2 Å². The first-order valence-corrected chi connectivity index (χ1v) is 7.35. The lowest BCUT2D eigenvalue weighted by Gasteiger charge is -2.34. The van der Waals surface area contributed by atoms with Gasteiger partial charge >= 0.3 is 0 Å². The van der Waals surface area contributed by atoms with E-state index in [4.69, 9.17) is 5.73 Å². The van der Waals surface area contributed by atoms with Gasteiger partial charge in [0.2, 0.25) is 5.91 Å². The van der Waals surface area contributed by atoms with E-state index in [1.54, 1.807) is 0 Å². The van der Waals surface area contributed by atoms with E-state index < -0.39 is 0 Å². The summed E-state index contributed by atoms with van der Waals surface area (Å²) in [6.45, 7) is 1.69. The Morgan fingerprint density at radius 3 is 2.53 bits per heavy atom. The van der Waals surface area contributed by atoms with Crippen LogP contribution < -0.4 is 5.73 Å². The molecule has 102 valence electrons. The van der Waals surface area contributed by atoms with Gasteiger partial charge in [-0.15, -0.1) is 0 Å². The van der Waals surface area contributed by atoms with Crippen LogP contribution in [0.3, 0.4) is 0 Å². The van der Waals surface area contributed by atoms with E-state index >= 15 is 0 Å². The number of nitrogens with two attached hydrogens (primary N) is 1. The molecule has 1 atom stereocenters. The van der Waals surface area contributed by atoms with Crippen molar-refractivity contribution in [3.05, 3.63) is 35.4 Å². The zero-order valence-corrected chi connectivity index (χ0v) is 11.3. The molecule has 3 rings (SSSR count). The number of carbonyl (C=O) groups is 1. The highest BCUT2D eigenvalue weighted by atomic mass is 16.2. The van der Waals surface area contributed by atoms with Crippen molar-refractivity contribution in [2.45, 2.75) is 38.1 Å². The Hall–Kier alpha value is -1.35. The second-order valence-electron chi connectivity index (χ2n) is 5.87. The summed E-state index contributed by atoms with van der Waals surface area (Å²) < 4.78 is 0. The number of aryl methyl sites for hydroxylation is 1. The summed E-state index contributed by atoms with van der Waals surface area (Å²) in [5.74, 6) is 0.533. The molecule has 1 aromatic carbocycles. The molecule has 1 aliphatic carbocycles. The molecular weight excluding hydrogens is 236 g/mol. The molecule has 1 aromatic rings. The normalized spacial score (nSPS) is 24.1. The van der Waals surface area contributed by atoms with Gasteiger partial charge in [-0.3, -0.25) is 4.79 Å². The summed E-state index contributed by atoms with van der Waals surface area (Å²) in [4.78, 5) is 14.6. The Morgan fingerprint density at radius 2 is 1.79 bits per heavy atom. The van der Waals surface area contributed by atoms with Crippen LogP contribution in [0.2, 0.25) is 0 Å². The second kappa shape index (κ2) is 5.33. The number of rotatable bonds is 1. The molecule has 1 amide bonds. The van der Waals surface area contributed by atoms with E-state index in [1.165, 1.54) is 11.1 Å². The molecule has 1 fully saturated rings. The third-order valence-electron chi connectivity index (χ3n) is 4.55. The summed E-state index contributed by atoms with van der Waals surface area (Å²) >= 11 is 0. The fourth-order valence-corrected chi connectivity index (χ4v) is 3.29. The van der Waals surface area contributed by atoms with Gasteiger partial charge in [0, 0.05) is 25.0 Å². The Labute approximate surface area is 114 Å². The Morgan fingerprint density at radius 1 is 1.11 bits per heavy atom. The van der Waals surface area contributed by atoms with E-state index in [2.05, 4.69) is 24.3 Å². The molecule has 0 bridgehead atoms. The Balaban J connectivity index is 1.66. The SMILES string of the molecule is NC1CCN(C(=O)C2CCc3ccccc3C2)CC1. The maximum Gasteiger partial charge on any atom is 0.226 e. The van der Waals surface area contributed by atoms with Gasteiger partial charge in [0.25, 0.3) is 0 Å². The molecule has 2 N–H and O–H groups in total. The van der Waals surface area contributed by atoms with Crippen LogP contribution in [0.4, 0.5) is 0 Å². The Bertz CT molecular complexity index is 464. The number of benzene rings is 1. The van der Waals surface area contributed by atoms with Crippen molar-refractivity contribution in [1.82, 2.24) is 4.90 Å². The van der Waals surface area contributed by atoms with Gasteiger partial charge in [0.15, 0.2) is 0 Å². The summed E-state index contributed by atoms with van der Waals surface area (Å²) in [5, 5.41) is 0. The molecular formula is C16H22N2O. The highest BCUT2D eigenvalue weighted by Gasteiger charge is 2.29. The predicted molar refractivity (Wildman–Crippen MR) is 75.7 cm³/mol. The van der Waals surface area contributed by atoms with Crippen LogP contribution >= 0.6 is 0 Å². The number of fused-ring (bicyclic) bond motifs is 1. The van der Waals surface area contributed by atoms with Crippen LogP contribution in [0.15, 0.2) is 24.3 Å². The zero-order valence-electron chi connectivity index (χ0n) is 11.3. The molecule has 0 aromatic heterocycles. The Kier molecular flexibility index (Phi) is 3.56. The van der Waals surface area contributed by atoms with Gasteiger partial charge in [0.05, 0.1) is 0 Å². The van der Waals surface area contributed by atoms with Crippen molar-refractivity contribution in [3.63, 3.8) is 0 Å². The molecule has 1 unspecified atom stereocenters. The summed E-state index contributed by atoms with van der Waals surface area (Å²) in [7, 11) is 0. The number of hydrogen-bond acceptors (Lipinski definition) is 2. The first kappa shape index (κ1) is 12.7. The lowest BCUT2D eigenvalue weighted by atomic mass is 9.83. The largest absolute Gasteiger partial charge is 0.342 e. The number of carbonyl (C=O) groups excluding carboxylic acids is 1. The predicted octanol–water partition coefficient (Wildman–Crippen LogP) is 1.74. The smallest absolute Gasteiger partial charge is 0.226 e. The molecule has 1 saturated heterocycles. The average molecular weight is 258 g/mol. The lowest BCUT2D eigenvalue weighted by molar-refractivity contribution is -0.136. The number of amides is 1. The highest BCUT2D eigenvalue weighted by molar-refractivity contribution is 5.79. The van der Waals surface area contributed by atoms with Gasteiger partial charge in [-0.1, -0.05) is 24.3 Å². The van der Waals surface area contributed by atoms with Crippen LogP contribution in [0.5, 0.6) is 0 Å². The topological polar surface area (TPSA) is 46.3 Å². The van der Waals surface area contributed by atoms with E-state index in [1.807, 2.05) is 4.90 Å². The van der Waals surface area contributed by atoms with Crippen molar-refractivity contribution < 1.29 is 4.79 Å². The second-order valence-corrected chi connectivity index (χ2v) is 5.87. The van der Waals surface area contributed by atoms with E-state index in [0.29, 0.717) is 5.91 Å². The number of piperidine rings is 1. The van der Waals surface area contributed by atoms with Gasteiger partial charge in [-0.05, 0) is 43.2 Å². The molecule has 0 saturated carbocycles. The first-order valence-electron chi connectivity index (χ1n) is 7.35. The minimum atomic E-state index is 0.184. The molecule has 1 aliphatic heterocycles. The fourth-order valence-electron chi connectivity index (χ4n) is 3.29.